The van der Waals surface area contributed by atoms with Gasteiger partial charge in [0.05, 0.1) is 24.8 Å². The molecule has 2 aromatic rings. The van der Waals surface area contributed by atoms with Gasteiger partial charge >= 0.3 is 12.4 Å². The van der Waals surface area contributed by atoms with E-state index in [2.05, 4.69) is 10.3 Å². The van der Waals surface area contributed by atoms with Gasteiger partial charge in [0.2, 0.25) is 5.91 Å². The van der Waals surface area contributed by atoms with Crippen LogP contribution in [0.1, 0.15) is 59.5 Å². The van der Waals surface area contributed by atoms with Crippen molar-refractivity contribution in [2.75, 3.05) is 13.2 Å². The Balaban J connectivity index is 1.60. The van der Waals surface area contributed by atoms with E-state index >= 15 is 0 Å². The van der Waals surface area contributed by atoms with Crippen LogP contribution in [0.2, 0.25) is 0 Å². The van der Waals surface area contributed by atoms with Crippen LogP contribution in [0.5, 0.6) is 0 Å². The first-order valence-electron chi connectivity index (χ1n) is 11.9. The normalized spacial score (nSPS) is 21.2. The van der Waals surface area contributed by atoms with Crippen LogP contribution in [0.15, 0.2) is 36.4 Å². The Morgan fingerprint density at radius 1 is 1.08 bits per heavy atom. The van der Waals surface area contributed by atoms with Crippen LogP contribution in [0, 0.1) is 11.7 Å². The number of carbonyl (C=O) groups excluding carboxylic acids is 2. The molecule has 1 unspecified atom stereocenters. The number of carbonyl (C=O) groups is 2. The van der Waals surface area contributed by atoms with E-state index in [1.54, 1.807) is 6.92 Å². The van der Waals surface area contributed by atoms with Gasteiger partial charge in [0.15, 0.2) is 0 Å². The summed E-state index contributed by atoms with van der Waals surface area (Å²) in [6, 6.07) is 2.35. The van der Waals surface area contributed by atoms with Crippen LogP contribution in [0.3, 0.4) is 0 Å². The van der Waals surface area contributed by atoms with Gasteiger partial charge in [-0.3, -0.25) is 9.59 Å². The summed E-state index contributed by atoms with van der Waals surface area (Å²) in [5.41, 5.74) is -3.07. The number of amides is 2. The molecule has 38 heavy (non-hydrogen) atoms. The summed E-state index contributed by atoms with van der Waals surface area (Å²) < 4.78 is 98.4. The first-order chi connectivity index (χ1) is 17.8. The monoisotopic (exact) mass is 547 g/mol. The van der Waals surface area contributed by atoms with Crippen molar-refractivity contribution >= 4 is 11.8 Å². The molecule has 3 atom stereocenters. The first-order valence-corrected chi connectivity index (χ1v) is 11.9. The minimum atomic E-state index is -4.77. The van der Waals surface area contributed by atoms with Gasteiger partial charge in [0.1, 0.15) is 23.2 Å². The van der Waals surface area contributed by atoms with Crippen molar-refractivity contribution in [2.45, 2.75) is 56.7 Å². The lowest BCUT2D eigenvalue weighted by Gasteiger charge is -2.36. The maximum absolute atomic E-state index is 14.8. The number of hydrogen-bond donors (Lipinski definition) is 1. The van der Waals surface area contributed by atoms with E-state index in [9.17, 15) is 40.3 Å². The summed E-state index contributed by atoms with van der Waals surface area (Å²) in [5.74, 6) is -3.14. The Morgan fingerprint density at radius 3 is 2.34 bits per heavy atom. The van der Waals surface area contributed by atoms with Crippen LogP contribution >= 0.6 is 0 Å². The maximum atomic E-state index is 14.8. The van der Waals surface area contributed by atoms with Gasteiger partial charge < -0.3 is 15.0 Å². The van der Waals surface area contributed by atoms with Gasteiger partial charge in [-0.25, -0.2) is 9.37 Å². The molecule has 206 valence electrons. The number of rotatable bonds is 6. The molecular formula is C25H24F7N3O3. The van der Waals surface area contributed by atoms with Crippen molar-refractivity contribution in [1.82, 2.24) is 15.2 Å². The molecule has 1 N–H and O–H groups in total. The lowest BCUT2D eigenvalue weighted by Crippen LogP contribution is -2.52. The number of benzene rings is 1. The molecule has 3 heterocycles. The Morgan fingerprint density at radius 2 is 1.79 bits per heavy atom. The lowest BCUT2D eigenvalue weighted by molar-refractivity contribution is -0.141. The minimum Gasteiger partial charge on any atom is -0.381 e. The topological polar surface area (TPSA) is 71.5 Å². The first kappa shape index (κ1) is 27.8. The summed E-state index contributed by atoms with van der Waals surface area (Å²) in [6.07, 6.45) is -8.52. The van der Waals surface area contributed by atoms with Crippen molar-refractivity contribution in [3.8, 4) is 0 Å². The fourth-order valence-corrected chi connectivity index (χ4v) is 4.79. The largest absolute Gasteiger partial charge is 0.433 e. The minimum absolute atomic E-state index is 0.129. The van der Waals surface area contributed by atoms with Gasteiger partial charge in [-0.2, -0.15) is 26.3 Å². The molecule has 2 saturated heterocycles. The summed E-state index contributed by atoms with van der Waals surface area (Å²) in [4.78, 5) is 31.3. The number of hydrogen-bond acceptors (Lipinski definition) is 4. The van der Waals surface area contributed by atoms with E-state index in [0.717, 1.165) is 30.3 Å². The molecule has 0 bridgehead atoms. The third kappa shape index (κ3) is 5.62. The molecule has 0 radical (unpaired) electrons. The van der Waals surface area contributed by atoms with E-state index in [1.807, 2.05) is 0 Å². The second-order valence-electron chi connectivity index (χ2n) is 9.29. The fraction of sp³-hybridized carbons (Fsp3) is 0.480. The van der Waals surface area contributed by atoms with E-state index in [0.29, 0.717) is 18.9 Å². The van der Waals surface area contributed by atoms with Crippen molar-refractivity contribution < 1.29 is 45.1 Å². The molecule has 6 nitrogen and oxygen atoms in total. The summed E-state index contributed by atoms with van der Waals surface area (Å²) >= 11 is 0. The lowest BCUT2D eigenvalue weighted by atomic mass is 9.90. The van der Waals surface area contributed by atoms with Crippen LogP contribution < -0.4 is 5.32 Å². The van der Waals surface area contributed by atoms with Gasteiger partial charge in [-0.15, -0.1) is 0 Å². The number of nitrogens with zero attached hydrogens (tertiary/aromatic N) is 2. The van der Waals surface area contributed by atoms with Crippen LogP contribution in [0.25, 0.3) is 0 Å². The van der Waals surface area contributed by atoms with E-state index in [-0.39, 0.29) is 25.2 Å². The van der Waals surface area contributed by atoms with Gasteiger partial charge in [-0.1, -0.05) is 19.1 Å². The zero-order valence-electron chi connectivity index (χ0n) is 20.1. The molecule has 0 aliphatic carbocycles. The second-order valence-corrected chi connectivity index (χ2v) is 9.29. The molecule has 0 spiro atoms. The quantitative estimate of drug-likeness (QED) is 0.509. The molecular weight excluding hydrogens is 523 g/mol. The number of pyridine rings is 1. The third-order valence-corrected chi connectivity index (χ3v) is 6.87. The summed E-state index contributed by atoms with van der Waals surface area (Å²) in [5, 5.41) is 2.66. The van der Waals surface area contributed by atoms with Gasteiger partial charge in [0, 0.05) is 17.5 Å². The SMILES string of the molecule is CC[C@@H]1CC[C@H](C(=O)NC(c2ccc(C(F)(F)F)cc2F)C2COC2)N1C(=O)c1cccc(C(F)(F)F)n1. The van der Waals surface area contributed by atoms with Crippen molar-refractivity contribution in [2.24, 2.45) is 5.92 Å². The smallest absolute Gasteiger partial charge is 0.381 e. The standard InChI is InChI=1S/C25H24F7N3O3/c1-2-15-7-9-19(35(15)23(37)18-4-3-5-20(33-18)25(30,31)32)22(36)34-21(13-11-38-12-13)16-8-6-14(10-17(16)26)24(27,28)29/h3-6,8,10,13,15,19,21H,2,7,9,11-12H2,1H3,(H,34,36)/t15-,19-,21?/m1/s1. The molecule has 1 aromatic heterocycles. The van der Waals surface area contributed by atoms with Gasteiger partial charge in [-0.05, 0) is 43.5 Å². The highest BCUT2D eigenvalue weighted by atomic mass is 19.4. The Labute approximate surface area is 213 Å². The highest BCUT2D eigenvalue weighted by Gasteiger charge is 2.43. The summed E-state index contributed by atoms with van der Waals surface area (Å²) in [7, 11) is 0. The molecule has 4 rings (SSSR count). The average Bonchev–Trinajstić information content (AvgIpc) is 3.25. The molecule has 2 fully saturated rings. The molecule has 2 aliphatic rings. The average molecular weight is 547 g/mol. The van der Waals surface area contributed by atoms with E-state index in [4.69, 9.17) is 4.74 Å². The molecule has 0 saturated carbocycles. The van der Waals surface area contributed by atoms with Crippen molar-refractivity contribution in [3.05, 3.63) is 64.7 Å². The van der Waals surface area contributed by atoms with Crippen LogP contribution in [0.4, 0.5) is 30.7 Å². The van der Waals surface area contributed by atoms with Crippen molar-refractivity contribution in [3.63, 3.8) is 0 Å². The predicted octanol–water partition coefficient (Wildman–Crippen LogP) is 5.15. The predicted molar refractivity (Wildman–Crippen MR) is 119 cm³/mol. The zero-order chi connectivity index (χ0) is 27.8. The number of alkyl halides is 6. The van der Waals surface area contributed by atoms with E-state index in [1.165, 1.54) is 4.90 Å². The molecule has 13 heteroatoms. The van der Waals surface area contributed by atoms with Crippen molar-refractivity contribution in [1.29, 1.82) is 0 Å². The van der Waals surface area contributed by atoms with E-state index < -0.39 is 71.0 Å². The Bertz CT molecular complexity index is 1200. The molecule has 2 aliphatic heterocycles. The maximum Gasteiger partial charge on any atom is 0.433 e. The molecule has 2 amide bonds. The highest BCUT2D eigenvalue weighted by Crippen LogP contribution is 2.36. The van der Waals surface area contributed by atoms with Crippen LogP contribution in [-0.2, 0) is 21.9 Å². The number of nitrogens with one attached hydrogen (secondary N) is 1. The zero-order valence-corrected chi connectivity index (χ0v) is 20.1. The number of halogens is 7. The number of ether oxygens (including phenoxy) is 1. The second kappa shape index (κ2) is 10.5. The Kier molecular flexibility index (Phi) is 7.69. The Hall–Kier alpha value is -3.22. The number of likely N-dealkylation sites (tertiary alicyclic amines) is 1. The fourth-order valence-electron chi connectivity index (χ4n) is 4.79. The van der Waals surface area contributed by atoms with Crippen LogP contribution in [-0.4, -0.2) is 47.0 Å². The summed E-state index contributed by atoms with van der Waals surface area (Å²) in [6.45, 7) is 2.02. The highest BCUT2D eigenvalue weighted by molar-refractivity contribution is 5.97. The third-order valence-electron chi connectivity index (χ3n) is 6.87. The van der Waals surface area contributed by atoms with Gasteiger partial charge in [0.25, 0.3) is 5.91 Å². The number of aromatic nitrogens is 1. The molecule has 1 aromatic carbocycles.